The Hall–Kier alpha value is -3.49. The van der Waals surface area contributed by atoms with Gasteiger partial charge in [0.05, 0.1) is 17.2 Å². The molecule has 0 aromatic heterocycles. The van der Waals surface area contributed by atoms with Gasteiger partial charge in [0, 0.05) is 55.9 Å². The van der Waals surface area contributed by atoms with Crippen molar-refractivity contribution in [3.05, 3.63) is 59.8 Å². The first-order chi connectivity index (χ1) is 15.1. The Labute approximate surface area is 183 Å². The number of halogens is 3. The van der Waals surface area contributed by atoms with Gasteiger partial charge in [0.25, 0.3) is 5.91 Å². The third-order valence-corrected chi connectivity index (χ3v) is 5.94. The largest absolute Gasteiger partial charge is 0.418 e. The monoisotopic (exact) mass is 444 g/mol. The molecule has 1 atom stereocenters. The molecule has 2 amide bonds. The molecule has 32 heavy (non-hydrogen) atoms. The van der Waals surface area contributed by atoms with Crippen molar-refractivity contribution in [2.75, 3.05) is 35.7 Å². The van der Waals surface area contributed by atoms with E-state index >= 15 is 0 Å². The summed E-state index contributed by atoms with van der Waals surface area (Å²) in [5.41, 5.74) is 1.25. The summed E-state index contributed by atoms with van der Waals surface area (Å²) >= 11 is 0. The summed E-state index contributed by atoms with van der Waals surface area (Å²) in [7, 11) is 1.67. The van der Waals surface area contributed by atoms with Gasteiger partial charge in [-0.3, -0.25) is 9.59 Å². The Morgan fingerprint density at radius 1 is 1.25 bits per heavy atom. The summed E-state index contributed by atoms with van der Waals surface area (Å²) in [6.07, 6.45) is -2.53. The molecule has 2 aliphatic rings. The van der Waals surface area contributed by atoms with Crippen LogP contribution in [0.1, 0.15) is 24.5 Å². The van der Waals surface area contributed by atoms with Gasteiger partial charge in [-0.05, 0) is 30.7 Å². The van der Waals surface area contributed by atoms with Crippen LogP contribution >= 0.6 is 0 Å². The number of amides is 2. The van der Waals surface area contributed by atoms with Gasteiger partial charge in [-0.25, -0.2) is 0 Å². The molecule has 4 rings (SSSR count). The summed E-state index contributed by atoms with van der Waals surface area (Å²) in [4.78, 5) is 27.0. The molecule has 2 aliphatic heterocycles. The van der Waals surface area contributed by atoms with Crippen LogP contribution in [0.2, 0.25) is 0 Å². The molecule has 1 saturated heterocycles. The number of likely N-dealkylation sites (N-methyl/N-ethyl adjacent to an activating group) is 1. The minimum absolute atomic E-state index is 0.0825. The van der Waals surface area contributed by atoms with Crippen LogP contribution < -0.4 is 15.5 Å². The number of alkyl halides is 3. The van der Waals surface area contributed by atoms with Crippen LogP contribution in [0.25, 0.3) is 5.57 Å². The molecule has 1 unspecified atom stereocenters. The highest BCUT2D eigenvalue weighted by Gasteiger charge is 2.37. The van der Waals surface area contributed by atoms with Crippen molar-refractivity contribution in [2.24, 2.45) is 0 Å². The van der Waals surface area contributed by atoms with Crippen LogP contribution in [0.4, 0.5) is 30.2 Å². The van der Waals surface area contributed by atoms with Crippen LogP contribution in [-0.2, 0) is 15.8 Å². The number of benzene rings is 2. The summed E-state index contributed by atoms with van der Waals surface area (Å²) in [6.45, 7) is 2.22. The highest BCUT2D eigenvalue weighted by Crippen LogP contribution is 2.40. The van der Waals surface area contributed by atoms with E-state index in [9.17, 15) is 22.8 Å². The first kappa shape index (κ1) is 21.7. The summed E-state index contributed by atoms with van der Waals surface area (Å²) < 4.78 is 41.6. The number of hydrogen-bond acceptors (Lipinski definition) is 4. The molecule has 0 aliphatic carbocycles. The Bertz CT molecular complexity index is 1100. The molecule has 2 N–H and O–H groups in total. The fourth-order valence-electron chi connectivity index (χ4n) is 4.10. The van der Waals surface area contributed by atoms with Crippen LogP contribution in [0, 0.1) is 0 Å². The van der Waals surface area contributed by atoms with Crippen molar-refractivity contribution in [3.63, 3.8) is 0 Å². The van der Waals surface area contributed by atoms with Gasteiger partial charge in [0.1, 0.15) is 0 Å². The standard InChI is InChI=1S/C23H23F3N4O2/c1-14(31)29(2)16-9-10-30(13-16)21-8-7-15(11-19(21)23(24,25)26)27-12-18-17-5-3-4-6-20(17)28-22(18)32/h3-8,11-12,16,27H,9-10,13H2,1-2H3,(H,28,32)/b18-12-. The zero-order valence-electron chi connectivity index (χ0n) is 17.7. The number of carbonyl (C=O) groups excluding carboxylic acids is 2. The molecule has 0 bridgehead atoms. The highest BCUT2D eigenvalue weighted by molar-refractivity contribution is 6.31. The Balaban J connectivity index is 1.59. The van der Waals surface area contributed by atoms with E-state index < -0.39 is 11.7 Å². The second-order valence-electron chi connectivity index (χ2n) is 7.95. The number of anilines is 3. The minimum atomic E-state index is -4.55. The van der Waals surface area contributed by atoms with Gasteiger partial charge in [-0.15, -0.1) is 0 Å². The number of rotatable bonds is 4. The van der Waals surface area contributed by atoms with Gasteiger partial charge in [-0.1, -0.05) is 18.2 Å². The quantitative estimate of drug-likeness (QED) is 0.695. The molecule has 1 fully saturated rings. The predicted molar refractivity (Wildman–Crippen MR) is 117 cm³/mol. The number of carbonyl (C=O) groups is 2. The van der Waals surface area contributed by atoms with E-state index in [1.54, 1.807) is 47.2 Å². The topological polar surface area (TPSA) is 64.7 Å². The molecule has 9 heteroatoms. The maximum Gasteiger partial charge on any atom is 0.418 e. The van der Waals surface area contributed by atoms with Gasteiger partial charge < -0.3 is 20.4 Å². The van der Waals surface area contributed by atoms with E-state index in [2.05, 4.69) is 10.6 Å². The molecule has 2 heterocycles. The average molecular weight is 444 g/mol. The lowest BCUT2D eigenvalue weighted by molar-refractivity contribution is -0.137. The van der Waals surface area contributed by atoms with Crippen molar-refractivity contribution in [3.8, 4) is 0 Å². The average Bonchev–Trinajstić information content (AvgIpc) is 3.35. The number of fused-ring (bicyclic) bond motifs is 1. The molecular weight excluding hydrogens is 421 g/mol. The van der Waals surface area contributed by atoms with Gasteiger partial charge >= 0.3 is 6.18 Å². The summed E-state index contributed by atoms with van der Waals surface area (Å²) in [5.74, 6) is -0.429. The Kier molecular flexibility index (Phi) is 5.58. The van der Waals surface area contributed by atoms with Crippen LogP contribution in [0.5, 0.6) is 0 Å². The second kappa shape index (κ2) is 8.22. The van der Waals surface area contributed by atoms with Crippen LogP contribution in [-0.4, -0.2) is 42.9 Å². The van der Waals surface area contributed by atoms with E-state index in [0.29, 0.717) is 36.3 Å². The molecular formula is C23H23F3N4O2. The molecule has 0 saturated carbocycles. The molecule has 6 nitrogen and oxygen atoms in total. The van der Waals surface area contributed by atoms with E-state index in [4.69, 9.17) is 0 Å². The molecule has 0 spiro atoms. The number of nitrogens with zero attached hydrogens (tertiary/aromatic N) is 2. The van der Waals surface area contributed by atoms with Crippen molar-refractivity contribution in [1.29, 1.82) is 0 Å². The van der Waals surface area contributed by atoms with E-state index in [1.807, 2.05) is 0 Å². The third kappa shape index (κ3) is 4.15. The van der Waals surface area contributed by atoms with Crippen molar-refractivity contribution in [1.82, 2.24) is 4.90 Å². The third-order valence-electron chi connectivity index (χ3n) is 5.94. The highest BCUT2D eigenvalue weighted by atomic mass is 19.4. The van der Waals surface area contributed by atoms with Crippen molar-refractivity contribution in [2.45, 2.75) is 25.6 Å². The van der Waals surface area contributed by atoms with Gasteiger partial charge in [0.15, 0.2) is 0 Å². The lowest BCUT2D eigenvalue weighted by Crippen LogP contribution is -2.37. The van der Waals surface area contributed by atoms with Crippen LogP contribution in [0.15, 0.2) is 48.7 Å². The predicted octanol–water partition coefficient (Wildman–Crippen LogP) is 4.17. The first-order valence-electron chi connectivity index (χ1n) is 10.2. The zero-order valence-corrected chi connectivity index (χ0v) is 17.7. The summed E-state index contributed by atoms with van der Waals surface area (Å²) in [6, 6.07) is 11.0. The maximum absolute atomic E-state index is 13.9. The zero-order chi connectivity index (χ0) is 23.0. The van der Waals surface area contributed by atoms with Crippen molar-refractivity contribution < 1.29 is 22.8 Å². The Morgan fingerprint density at radius 3 is 2.72 bits per heavy atom. The molecule has 168 valence electrons. The number of nitrogens with one attached hydrogen (secondary N) is 2. The normalized spacial score (nSPS) is 19.2. The first-order valence-corrected chi connectivity index (χ1v) is 10.2. The minimum Gasteiger partial charge on any atom is -0.369 e. The molecule has 2 aromatic carbocycles. The molecule has 2 aromatic rings. The maximum atomic E-state index is 13.9. The number of hydrogen-bond donors (Lipinski definition) is 2. The van der Waals surface area contributed by atoms with E-state index in [1.165, 1.54) is 19.2 Å². The summed E-state index contributed by atoms with van der Waals surface area (Å²) in [5, 5.41) is 5.56. The van der Waals surface area contributed by atoms with Crippen molar-refractivity contribution >= 4 is 34.4 Å². The smallest absolute Gasteiger partial charge is 0.369 e. The van der Waals surface area contributed by atoms with Crippen LogP contribution in [0.3, 0.4) is 0 Å². The SMILES string of the molecule is CC(=O)N(C)C1CCN(c2ccc(N/C=C3\C(=O)Nc4ccccc43)cc2C(F)(F)F)C1. The Morgan fingerprint density at radius 2 is 2.00 bits per heavy atom. The van der Waals surface area contributed by atoms with Gasteiger partial charge in [-0.2, -0.15) is 13.2 Å². The van der Waals surface area contributed by atoms with Gasteiger partial charge in [0.2, 0.25) is 5.91 Å². The fourth-order valence-corrected chi connectivity index (χ4v) is 4.10. The lowest BCUT2D eigenvalue weighted by atomic mass is 10.1. The van der Waals surface area contributed by atoms with E-state index in [0.717, 1.165) is 6.07 Å². The number of para-hydroxylation sites is 1. The molecule has 0 radical (unpaired) electrons. The second-order valence-corrected chi connectivity index (χ2v) is 7.95. The van der Waals surface area contributed by atoms with E-state index in [-0.39, 0.29) is 29.2 Å². The fraction of sp³-hybridized carbons (Fsp3) is 0.304. The lowest BCUT2D eigenvalue weighted by Gasteiger charge is -2.26.